The maximum atomic E-state index is 5.78. The predicted octanol–water partition coefficient (Wildman–Crippen LogP) is 2.72. The van der Waals surface area contributed by atoms with Gasteiger partial charge in [0.15, 0.2) is 5.75 Å². The fourth-order valence-corrected chi connectivity index (χ4v) is 1.55. The van der Waals surface area contributed by atoms with Crippen LogP contribution in [-0.4, -0.2) is 9.78 Å². The summed E-state index contributed by atoms with van der Waals surface area (Å²) in [7, 11) is 0. The third-order valence-corrected chi connectivity index (χ3v) is 2.58. The molecule has 2 rings (SSSR count). The molecule has 0 aliphatic rings. The van der Waals surface area contributed by atoms with Gasteiger partial charge in [0.05, 0.1) is 12.4 Å². The van der Waals surface area contributed by atoms with Crippen LogP contribution >= 0.6 is 0 Å². The molecule has 4 heteroatoms. The summed E-state index contributed by atoms with van der Waals surface area (Å²) >= 11 is 0. The summed E-state index contributed by atoms with van der Waals surface area (Å²) in [6, 6.07) is 7.84. The Balaban J connectivity index is 2.08. The third-order valence-electron chi connectivity index (χ3n) is 2.58. The molecule has 0 bridgehead atoms. The molecular weight excluding hydrogens is 214 g/mol. The van der Waals surface area contributed by atoms with E-state index in [1.165, 1.54) is 0 Å². The van der Waals surface area contributed by atoms with E-state index < -0.39 is 0 Å². The summed E-state index contributed by atoms with van der Waals surface area (Å²) in [5.41, 5.74) is 6.88. The number of nitrogens with two attached hydrogens (primary N) is 1. The second kappa shape index (κ2) is 5.01. The first-order chi connectivity index (χ1) is 8.19. The van der Waals surface area contributed by atoms with E-state index in [0.717, 1.165) is 23.6 Å². The molecule has 0 unspecified atom stereocenters. The van der Waals surface area contributed by atoms with E-state index in [2.05, 4.69) is 5.10 Å². The highest BCUT2D eigenvalue weighted by atomic mass is 16.5. The molecule has 0 saturated carbocycles. The predicted molar refractivity (Wildman–Crippen MR) is 67.0 cm³/mol. The van der Waals surface area contributed by atoms with Crippen molar-refractivity contribution >= 4 is 0 Å². The average molecular weight is 231 g/mol. The van der Waals surface area contributed by atoms with Gasteiger partial charge in [-0.25, -0.2) is 0 Å². The molecule has 2 aromatic rings. The van der Waals surface area contributed by atoms with Crippen molar-refractivity contribution in [2.45, 2.75) is 26.4 Å². The van der Waals surface area contributed by atoms with Crippen LogP contribution in [0.1, 0.15) is 25.5 Å². The molecule has 0 aliphatic heterocycles. The monoisotopic (exact) mass is 231 g/mol. The first kappa shape index (κ1) is 11.7. The molecule has 17 heavy (non-hydrogen) atoms. The smallest absolute Gasteiger partial charge is 0.165 e. The van der Waals surface area contributed by atoms with Crippen molar-refractivity contribution in [1.29, 1.82) is 0 Å². The zero-order chi connectivity index (χ0) is 12.3. The van der Waals surface area contributed by atoms with Gasteiger partial charge in [-0.3, -0.25) is 4.68 Å². The summed E-state index contributed by atoms with van der Waals surface area (Å²) in [4.78, 5) is 0. The Morgan fingerprint density at radius 1 is 1.29 bits per heavy atom. The third kappa shape index (κ3) is 2.85. The highest BCUT2D eigenvalue weighted by Gasteiger charge is 2.02. The Morgan fingerprint density at radius 3 is 2.53 bits per heavy atom. The van der Waals surface area contributed by atoms with Crippen molar-refractivity contribution in [1.82, 2.24) is 9.78 Å². The van der Waals surface area contributed by atoms with Crippen LogP contribution in [0.15, 0.2) is 36.7 Å². The van der Waals surface area contributed by atoms with Gasteiger partial charge in [-0.1, -0.05) is 12.1 Å². The largest absolute Gasteiger partial charge is 0.454 e. The molecule has 4 nitrogen and oxygen atoms in total. The van der Waals surface area contributed by atoms with Crippen LogP contribution in [0.2, 0.25) is 0 Å². The highest BCUT2D eigenvalue weighted by molar-refractivity contribution is 5.32. The summed E-state index contributed by atoms with van der Waals surface area (Å²) < 4.78 is 7.50. The number of ether oxygens (including phenoxy) is 1. The minimum absolute atomic E-state index is 0.0480. The first-order valence-electron chi connectivity index (χ1n) is 5.75. The zero-order valence-corrected chi connectivity index (χ0v) is 10.1. The average Bonchev–Trinajstić information content (AvgIpc) is 2.77. The van der Waals surface area contributed by atoms with Crippen LogP contribution in [0, 0.1) is 0 Å². The van der Waals surface area contributed by atoms with Crippen molar-refractivity contribution in [2.24, 2.45) is 5.73 Å². The maximum Gasteiger partial charge on any atom is 0.165 e. The van der Waals surface area contributed by atoms with Crippen molar-refractivity contribution in [3.05, 3.63) is 42.2 Å². The molecule has 0 aliphatic carbocycles. The van der Waals surface area contributed by atoms with E-state index >= 15 is 0 Å². The number of hydrogen-bond acceptors (Lipinski definition) is 3. The molecular formula is C13H17N3O. The highest BCUT2D eigenvalue weighted by Crippen LogP contribution is 2.22. The minimum Gasteiger partial charge on any atom is -0.454 e. The molecule has 2 N–H and O–H groups in total. The molecule has 0 radical (unpaired) electrons. The van der Waals surface area contributed by atoms with Crippen LogP contribution < -0.4 is 10.5 Å². The van der Waals surface area contributed by atoms with Crippen LogP contribution in [-0.2, 0) is 6.54 Å². The van der Waals surface area contributed by atoms with Gasteiger partial charge in [-0.15, -0.1) is 0 Å². The van der Waals surface area contributed by atoms with Crippen LogP contribution in [0.25, 0.3) is 0 Å². The van der Waals surface area contributed by atoms with Gasteiger partial charge in [0.2, 0.25) is 0 Å². The molecule has 0 spiro atoms. The van der Waals surface area contributed by atoms with Gasteiger partial charge in [-0.05, 0) is 31.5 Å². The topological polar surface area (TPSA) is 53.1 Å². The summed E-state index contributed by atoms with van der Waals surface area (Å²) in [5.74, 6) is 1.55. The molecule has 0 amide bonds. The van der Waals surface area contributed by atoms with E-state index in [-0.39, 0.29) is 6.04 Å². The van der Waals surface area contributed by atoms with Crippen LogP contribution in [0.5, 0.6) is 11.5 Å². The lowest BCUT2D eigenvalue weighted by molar-refractivity contribution is 0.481. The van der Waals surface area contributed by atoms with E-state index in [1.807, 2.05) is 49.0 Å². The number of aromatic nitrogens is 2. The van der Waals surface area contributed by atoms with Crippen LogP contribution in [0.4, 0.5) is 0 Å². The number of benzene rings is 1. The van der Waals surface area contributed by atoms with Gasteiger partial charge >= 0.3 is 0 Å². The molecule has 1 aromatic heterocycles. The van der Waals surface area contributed by atoms with Gasteiger partial charge in [0, 0.05) is 12.6 Å². The van der Waals surface area contributed by atoms with Crippen molar-refractivity contribution in [2.75, 3.05) is 0 Å². The minimum atomic E-state index is 0.0480. The summed E-state index contributed by atoms with van der Waals surface area (Å²) in [6.07, 6.45) is 3.59. The molecule has 1 atom stereocenters. The van der Waals surface area contributed by atoms with Gasteiger partial charge in [-0.2, -0.15) is 5.10 Å². The number of hydrogen-bond donors (Lipinski definition) is 1. The molecule has 0 saturated heterocycles. The maximum absolute atomic E-state index is 5.78. The Labute approximate surface area is 101 Å². The quantitative estimate of drug-likeness (QED) is 0.880. The lowest BCUT2D eigenvalue weighted by atomic mass is 10.1. The Morgan fingerprint density at radius 2 is 2.00 bits per heavy atom. The Bertz CT molecular complexity index is 474. The van der Waals surface area contributed by atoms with E-state index in [9.17, 15) is 0 Å². The summed E-state index contributed by atoms with van der Waals surface area (Å²) in [6.45, 7) is 4.84. The number of aryl methyl sites for hydroxylation is 1. The Kier molecular flexibility index (Phi) is 3.44. The van der Waals surface area contributed by atoms with Crippen LogP contribution in [0.3, 0.4) is 0 Å². The van der Waals surface area contributed by atoms with Gasteiger partial charge in [0.25, 0.3) is 0 Å². The summed E-state index contributed by atoms with van der Waals surface area (Å²) in [5, 5.41) is 4.15. The lowest BCUT2D eigenvalue weighted by Crippen LogP contribution is -2.04. The lowest BCUT2D eigenvalue weighted by Gasteiger charge is -2.07. The second-order valence-electron chi connectivity index (χ2n) is 3.99. The van der Waals surface area contributed by atoms with E-state index in [4.69, 9.17) is 10.5 Å². The fraction of sp³-hybridized carbons (Fsp3) is 0.308. The standard InChI is InChI=1S/C13H17N3O/c1-3-16-9-13(8-15-16)17-12-6-4-11(5-7-12)10(2)14/h4-10H,3,14H2,1-2H3/t10-/m0/s1. The van der Waals surface area contributed by atoms with Gasteiger partial charge < -0.3 is 10.5 Å². The Hall–Kier alpha value is -1.81. The van der Waals surface area contributed by atoms with E-state index in [1.54, 1.807) is 6.20 Å². The molecule has 90 valence electrons. The number of nitrogens with zero attached hydrogens (tertiary/aromatic N) is 2. The van der Waals surface area contributed by atoms with Gasteiger partial charge in [0.1, 0.15) is 5.75 Å². The fourth-order valence-electron chi connectivity index (χ4n) is 1.55. The van der Waals surface area contributed by atoms with Crippen molar-refractivity contribution < 1.29 is 4.74 Å². The first-order valence-corrected chi connectivity index (χ1v) is 5.75. The second-order valence-corrected chi connectivity index (χ2v) is 3.99. The van der Waals surface area contributed by atoms with Crippen molar-refractivity contribution in [3.8, 4) is 11.5 Å². The molecule has 0 fully saturated rings. The normalized spacial score (nSPS) is 12.4. The SMILES string of the molecule is CCn1cc(Oc2ccc([C@H](C)N)cc2)cn1. The van der Waals surface area contributed by atoms with Crippen molar-refractivity contribution in [3.63, 3.8) is 0 Å². The number of rotatable bonds is 4. The molecule has 1 aromatic carbocycles. The molecule has 1 heterocycles. The zero-order valence-electron chi connectivity index (χ0n) is 10.1. The van der Waals surface area contributed by atoms with E-state index in [0.29, 0.717) is 0 Å².